The topological polar surface area (TPSA) is 75.4 Å². The van der Waals surface area contributed by atoms with Crippen molar-refractivity contribution in [2.75, 3.05) is 24.4 Å². The van der Waals surface area contributed by atoms with Gasteiger partial charge in [0.05, 0.1) is 16.6 Å². The normalized spacial score (nSPS) is 16.2. The molecule has 1 saturated carbocycles. The first-order chi connectivity index (χ1) is 12.4. The molecule has 1 atom stereocenters. The van der Waals surface area contributed by atoms with Gasteiger partial charge in [-0.25, -0.2) is 0 Å². The number of nitrogens with one attached hydrogen (secondary N) is 1. The maximum absolute atomic E-state index is 12.8. The molecule has 1 aromatic rings. The van der Waals surface area contributed by atoms with E-state index >= 15 is 0 Å². The molecule has 2 amide bonds. The number of hydrogen-bond acceptors (Lipinski definition) is 4. The number of anilines is 1. The van der Waals surface area contributed by atoms with Gasteiger partial charge in [0, 0.05) is 18.8 Å². The van der Waals surface area contributed by atoms with E-state index < -0.39 is 6.04 Å². The molecule has 0 heterocycles. The van der Waals surface area contributed by atoms with E-state index in [4.69, 9.17) is 17.3 Å². The molecule has 26 heavy (non-hydrogen) atoms. The summed E-state index contributed by atoms with van der Waals surface area (Å²) in [5.74, 6) is 0.515. The zero-order valence-electron chi connectivity index (χ0n) is 15.5. The fraction of sp³-hybridized carbons (Fsp3) is 0.579. The molecule has 0 radical (unpaired) electrons. The summed E-state index contributed by atoms with van der Waals surface area (Å²) in [5, 5.41) is 3.11. The lowest BCUT2D eigenvalue weighted by atomic mass is 9.94. The minimum atomic E-state index is -0.556. The molecule has 0 saturated heterocycles. The number of thioether (sulfide) groups is 1. The van der Waals surface area contributed by atoms with Gasteiger partial charge < -0.3 is 16.0 Å². The Hall–Kier alpha value is -1.24. The van der Waals surface area contributed by atoms with Crippen LogP contribution in [0.15, 0.2) is 18.2 Å². The number of nitrogens with zero attached hydrogens (tertiary/aromatic N) is 1. The molecule has 1 fully saturated rings. The number of benzene rings is 1. The van der Waals surface area contributed by atoms with Gasteiger partial charge in [-0.2, -0.15) is 11.8 Å². The Balaban J connectivity index is 2.01. The number of hydrogen-bond donors (Lipinski definition) is 2. The van der Waals surface area contributed by atoms with Crippen LogP contribution in [0.3, 0.4) is 0 Å². The van der Waals surface area contributed by atoms with Crippen LogP contribution in [0.2, 0.25) is 5.02 Å². The monoisotopic (exact) mass is 397 g/mol. The second kappa shape index (κ2) is 10.2. The Morgan fingerprint density at radius 1 is 1.35 bits per heavy atom. The molecule has 0 spiro atoms. The van der Waals surface area contributed by atoms with Crippen LogP contribution in [0.5, 0.6) is 0 Å². The molecule has 3 N–H and O–H groups in total. The fourth-order valence-electron chi connectivity index (χ4n) is 3.20. The van der Waals surface area contributed by atoms with Gasteiger partial charge in [0.1, 0.15) is 0 Å². The number of halogens is 1. The second-order valence-electron chi connectivity index (χ2n) is 6.78. The van der Waals surface area contributed by atoms with E-state index in [1.807, 2.05) is 13.3 Å². The third-order valence-corrected chi connectivity index (χ3v) is 5.84. The highest BCUT2D eigenvalue weighted by Crippen LogP contribution is 2.26. The van der Waals surface area contributed by atoms with Gasteiger partial charge in [-0.1, -0.05) is 30.9 Å². The van der Waals surface area contributed by atoms with E-state index in [0.29, 0.717) is 22.7 Å². The molecule has 144 valence electrons. The van der Waals surface area contributed by atoms with E-state index in [9.17, 15) is 9.59 Å². The van der Waals surface area contributed by atoms with Crippen LogP contribution >= 0.6 is 23.4 Å². The summed E-state index contributed by atoms with van der Waals surface area (Å²) in [4.78, 5) is 26.7. The van der Waals surface area contributed by atoms with E-state index in [0.717, 1.165) is 31.4 Å². The summed E-state index contributed by atoms with van der Waals surface area (Å²) in [6.07, 6.45) is 8.25. The van der Waals surface area contributed by atoms with Crippen molar-refractivity contribution in [2.45, 2.75) is 50.6 Å². The third-order valence-electron chi connectivity index (χ3n) is 4.88. The van der Waals surface area contributed by atoms with Crippen molar-refractivity contribution in [1.29, 1.82) is 0 Å². The molecule has 0 bridgehead atoms. The van der Waals surface area contributed by atoms with Crippen molar-refractivity contribution >= 4 is 40.9 Å². The first-order valence-corrected chi connectivity index (χ1v) is 10.8. The predicted molar refractivity (Wildman–Crippen MR) is 110 cm³/mol. The van der Waals surface area contributed by atoms with Crippen molar-refractivity contribution < 1.29 is 9.59 Å². The molecule has 0 unspecified atom stereocenters. The van der Waals surface area contributed by atoms with Crippen LogP contribution in [0.1, 0.15) is 48.9 Å². The number of carbonyl (C=O) groups excluding carboxylic acids is 2. The minimum absolute atomic E-state index is 0.0727. The molecule has 1 aliphatic rings. The van der Waals surface area contributed by atoms with Gasteiger partial charge in [0.2, 0.25) is 5.91 Å². The molecule has 0 aliphatic heterocycles. The number of amides is 2. The maximum atomic E-state index is 12.8. The van der Waals surface area contributed by atoms with Gasteiger partial charge in [-0.05, 0) is 49.5 Å². The molecule has 0 aromatic heterocycles. The standard InChI is InChI=1S/C19H28ClN3O2S/c1-23(14-6-4-3-5-7-14)19(25)15-9-8-13(12-16(15)20)22-18(24)17(21)10-11-26-2/h8-9,12,14,17H,3-7,10-11,21H2,1-2H3,(H,22,24)/t17-/m0/s1. The van der Waals surface area contributed by atoms with Crippen LogP contribution in [-0.4, -0.2) is 47.9 Å². The molecule has 1 aliphatic carbocycles. The van der Waals surface area contributed by atoms with Gasteiger partial charge in [0.25, 0.3) is 5.91 Å². The first-order valence-electron chi connectivity index (χ1n) is 9.06. The van der Waals surface area contributed by atoms with Crippen LogP contribution in [0.4, 0.5) is 5.69 Å². The quantitative estimate of drug-likeness (QED) is 0.734. The lowest BCUT2D eigenvalue weighted by Crippen LogP contribution is -2.38. The molecule has 5 nitrogen and oxygen atoms in total. The SMILES string of the molecule is CSCC[C@H](N)C(=O)Nc1ccc(C(=O)N(C)C2CCCCC2)c(Cl)c1. The summed E-state index contributed by atoms with van der Waals surface area (Å²) in [5.41, 5.74) is 6.89. The Morgan fingerprint density at radius 3 is 2.65 bits per heavy atom. The largest absolute Gasteiger partial charge is 0.339 e. The number of nitrogens with two attached hydrogens (primary N) is 1. The molecular formula is C19H28ClN3O2S. The smallest absolute Gasteiger partial charge is 0.255 e. The van der Waals surface area contributed by atoms with Crippen molar-refractivity contribution in [3.8, 4) is 0 Å². The van der Waals surface area contributed by atoms with Crippen LogP contribution in [0.25, 0.3) is 0 Å². The van der Waals surface area contributed by atoms with Crippen LogP contribution in [0, 0.1) is 0 Å². The zero-order valence-corrected chi connectivity index (χ0v) is 17.0. The average Bonchev–Trinajstić information content (AvgIpc) is 2.65. The summed E-state index contributed by atoms with van der Waals surface area (Å²) >= 11 is 7.97. The fourth-order valence-corrected chi connectivity index (χ4v) is 3.95. The highest BCUT2D eigenvalue weighted by Gasteiger charge is 2.24. The summed E-state index contributed by atoms with van der Waals surface area (Å²) in [6.45, 7) is 0. The highest BCUT2D eigenvalue weighted by atomic mass is 35.5. The summed E-state index contributed by atoms with van der Waals surface area (Å²) in [7, 11) is 1.84. The van der Waals surface area contributed by atoms with Gasteiger partial charge in [-0.3, -0.25) is 9.59 Å². The van der Waals surface area contributed by atoms with E-state index in [1.165, 1.54) is 6.42 Å². The van der Waals surface area contributed by atoms with Gasteiger partial charge >= 0.3 is 0 Å². The molecule has 2 rings (SSSR count). The molecule has 7 heteroatoms. The maximum Gasteiger partial charge on any atom is 0.255 e. The Morgan fingerprint density at radius 2 is 2.04 bits per heavy atom. The van der Waals surface area contributed by atoms with E-state index in [1.54, 1.807) is 34.9 Å². The third kappa shape index (κ3) is 5.63. The zero-order chi connectivity index (χ0) is 19.1. The molecule has 1 aromatic carbocycles. The Kier molecular flexibility index (Phi) is 8.25. The first kappa shape index (κ1) is 21.1. The van der Waals surface area contributed by atoms with Crippen molar-refractivity contribution in [1.82, 2.24) is 4.90 Å². The van der Waals surface area contributed by atoms with Crippen LogP contribution in [-0.2, 0) is 4.79 Å². The van der Waals surface area contributed by atoms with Crippen molar-refractivity contribution in [2.24, 2.45) is 5.73 Å². The van der Waals surface area contributed by atoms with Gasteiger partial charge in [-0.15, -0.1) is 0 Å². The molecular weight excluding hydrogens is 370 g/mol. The summed E-state index contributed by atoms with van der Waals surface area (Å²) in [6, 6.07) is 4.71. The highest BCUT2D eigenvalue weighted by molar-refractivity contribution is 7.98. The van der Waals surface area contributed by atoms with Crippen molar-refractivity contribution in [3.05, 3.63) is 28.8 Å². The summed E-state index contributed by atoms with van der Waals surface area (Å²) < 4.78 is 0. The lowest BCUT2D eigenvalue weighted by molar-refractivity contribution is -0.117. The number of carbonyl (C=O) groups is 2. The van der Waals surface area contributed by atoms with Gasteiger partial charge in [0.15, 0.2) is 0 Å². The Bertz CT molecular complexity index is 635. The Labute approximate surface area is 165 Å². The van der Waals surface area contributed by atoms with Crippen LogP contribution < -0.4 is 11.1 Å². The second-order valence-corrected chi connectivity index (χ2v) is 8.17. The predicted octanol–water partition coefficient (Wildman–Crippen LogP) is 3.76. The van der Waals surface area contributed by atoms with Crippen molar-refractivity contribution in [3.63, 3.8) is 0 Å². The lowest BCUT2D eigenvalue weighted by Gasteiger charge is -2.31. The van der Waals surface area contributed by atoms with E-state index in [-0.39, 0.29) is 17.9 Å². The number of rotatable bonds is 7. The minimum Gasteiger partial charge on any atom is -0.339 e. The average molecular weight is 398 g/mol. The van der Waals surface area contributed by atoms with E-state index in [2.05, 4.69) is 5.32 Å².